The molecule has 0 aromatic heterocycles. The van der Waals surface area contributed by atoms with Gasteiger partial charge in [0.1, 0.15) is 0 Å². The van der Waals surface area contributed by atoms with Crippen LogP contribution in [-0.4, -0.2) is 24.9 Å². The van der Waals surface area contributed by atoms with E-state index in [2.05, 4.69) is 0 Å². The Balaban J connectivity index is 4.59. The van der Waals surface area contributed by atoms with Crippen molar-refractivity contribution in [2.75, 3.05) is 6.54 Å². The summed E-state index contributed by atoms with van der Waals surface area (Å²) in [6, 6.07) is -1.30. The van der Waals surface area contributed by atoms with Gasteiger partial charge in [-0.15, -0.1) is 0 Å². The second-order valence-electron chi connectivity index (χ2n) is 2.87. The summed E-state index contributed by atoms with van der Waals surface area (Å²) in [4.78, 5) is 0. The molecule has 0 fully saturated rings. The second kappa shape index (κ2) is 4.35. The van der Waals surface area contributed by atoms with Crippen LogP contribution in [0.1, 0.15) is 6.42 Å². The van der Waals surface area contributed by atoms with Gasteiger partial charge in [-0.1, -0.05) is 0 Å². The molecule has 0 amide bonds. The summed E-state index contributed by atoms with van der Waals surface area (Å²) in [5, 5.41) is 0. The van der Waals surface area contributed by atoms with Crippen molar-refractivity contribution in [2.24, 2.45) is 17.4 Å². The van der Waals surface area contributed by atoms with Crippen molar-refractivity contribution in [3.8, 4) is 0 Å². The fourth-order valence-electron chi connectivity index (χ4n) is 0.852. The Labute approximate surface area is 76.2 Å². The molecule has 0 heterocycles. The Morgan fingerprint density at radius 2 is 1.29 bits per heavy atom. The smallest absolute Gasteiger partial charge is 0.329 e. The third-order valence-corrected chi connectivity index (χ3v) is 1.63. The lowest BCUT2D eigenvalue weighted by atomic mass is 9.99. The molecule has 0 aliphatic heterocycles. The molecule has 0 saturated heterocycles. The summed E-state index contributed by atoms with van der Waals surface area (Å²) < 4.78 is 71.4. The van der Waals surface area contributed by atoms with E-state index >= 15 is 0 Å². The summed E-state index contributed by atoms with van der Waals surface area (Å²) in [7, 11) is 0. The largest absolute Gasteiger partial charge is 0.400 e. The van der Waals surface area contributed by atoms with Crippen LogP contribution in [0.3, 0.4) is 0 Å². The average molecular weight is 224 g/mol. The highest BCUT2D eigenvalue weighted by molar-refractivity contribution is 4.80. The maximum atomic E-state index is 11.9. The average Bonchev–Trinajstić information content (AvgIpc) is 1.95. The number of rotatable bonds is 3. The van der Waals surface area contributed by atoms with Crippen molar-refractivity contribution >= 4 is 0 Å². The number of halogens is 6. The van der Waals surface area contributed by atoms with E-state index in [0.29, 0.717) is 0 Å². The van der Waals surface area contributed by atoms with Gasteiger partial charge in [0.25, 0.3) is 0 Å². The minimum atomic E-state index is -5.33. The van der Waals surface area contributed by atoms with Crippen LogP contribution in [0.25, 0.3) is 0 Å². The molecule has 0 radical (unpaired) electrons. The molecule has 1 atom stereocenters. The fraction of sp³-hybridized carbons (Fsp3) is 1.00. The van der Waals surface area contributed by atoms with E-state index in [1.54, 1.807) is 0 Å². The first-order valence-electron chi connectivity index (χ1n) is 3.68. The highest BCUT2D eigenvalue weighted by Crippen LogP contribution is 2.41. The summed E-state index contributed by atoms with van der Waals surface area (Å²) in [5.74, 6) is -3.39. The van der Waals surface area contributed by atoms with Gasteiger partial charge in [-0.05, 0) is 6.42 Å². The molecule has 86 valence electrons. The van der Waals surface area contributed by atoms with Crippen molar-refractivity contribution in [3.63, 3.8) is 0 Å². The quantitative estimate of drug-likeness (QED) is 0.712. The Hall–Kier alpha value is -0.500. The van der Waals surface area contributed by atoms with Gasteiger partial charge in [0.15, 0.2) is 5.92 Å². The van der Waals surface area contributed by atoms with Crippen molar-refractivity contribution in [1.82, 2.24) is 0 Å². The SMILES string of the molecule is NCC(N)CC(C(F)(F)F)C(F)(F)F. The van der Waals surface area contributed by atoms with Crippen LogP contribution in [0.2, 0.25) is 0 Å². The molecule has 14 heavy (non-hydrogen) atoms. The second-order valence-corrected chi connectivity index (χ2v) is 2.87. The summed E-state index contributed by atoms with van der Waals surface area (Å²) in [5.41, 5.74) is 9.79. The molecule has 0 spiro atoms. The van der Waals surface area contributed by atoms with Crippen LogP contribution in [0.4, 0.5) is 26.3 Å². The van der Waals surface area contributed by atoms with Crippen LogP contribution in [0, 0.1) is 5.92 Å². The standard InChI is InChI=1S/C6H10F6N2/c7-5(8,9)4(6(10,11)12)1-3(14)2-13/h3-4H,1-2,13-14H2. The van der Waals surface area contributed by atoms with Gasteiger partial charge < -0.3 is 11.5 Å². The molecule has 1 unspecified atom stereocenters. The topological polar surface area (TPSA) is 52.0 Å². The van der Waals surface area contributed by atoms with E-state index in [-0.39, 0.29) is 0 Å². The normalized spacial score (nSPS) is 16.1. The first-order chi connectivity index (χ1) is 6.09. The molecule has 0 saturated carbocycles. The molecule has 0 aromatic carbocycles. The van der Waals surface area contributed by atoms with Gasteiger partial charge in [-0.2, -0.15) is 26.3 Å². The molecule has 0 bridgehead atoms. The zero-order chi connectivity index (χ0) is 11.6. The van der Waals surface area contributed by atoms with Gasteiger partial charge in [-0.3, -0.25) is 0 Å². The van der Waals surface area contributed by atoms with Crippen LogP contribution < -0.4 is 11.5 Å². The number of hydrogen-bond acceptors (Lipinski definition) is 2. The van der Waals surface area contributed by atoms with Crippen molar-refractivity contribution in [1.29, 1.82) is 0 Å². The lowest BCUT2D eigenvalue weighted by Gasteiger charge is -2.24. The Kier molecular flexibility index (Phi) is 4.19. The van der Waals surface area contributed by atoms with Crippen molar-refractivity contribution < 1.29 is 26.3 Å². The highest BCUT2D eigenvalue weighted by atomic mass is 19.4. The predicted molar refractivity (Wildman–Crippen MR) is 37.2 cm³/mol. The van der Waals surface area contributed by atoms with E-state index in [1.165, 1.54) is 0 Å². The van der Waals surface area contributed by atoms with E-state index in [0.717, 1.165) is 0 Å². The van der Waals surface area contributed by atoms with E-state index < -0.39 is 37.3 Å². The first kappa shape index (κ1) is 13.5. The Morgan fingerprint density at radius 3 is 1.50 bits per heavy atom. The Morgan fingerprint density at radius 1 is 0.929 bits per heavy atom. The van der Waals surface area contributed by atoms with Crippen molar-refractivity contribution in [2.45, 2.75) is 24.8 Å². The Bertz CT molecular complexity index is 160. The summed E-state index contributed by atoms with van der Waals surface area (Å²) in [6.07, 6.45) is -11.9. The summed E-state index contributed by atoms with van der Waals surface area (Å²) >= 11 is 0. The molecule has 2 nitrogen and oxygen atoms in total. The zero-order valence-corrected chi connectivity index (χ0v) is 6.99. The van der Waals surface area contributed by atoms with Gasteiger partial charge in [-0.25, -0.2) is 0 Å². The van der Waals surface area contributed by atoms with Crippen molar-refractivity contribution in [3.05, 3.63) is 0 Å². The fourth-order valence-corrected chi connectivity index (χ4v) is 0.852. The van der Waals surface area contributed by atoms with Gasteiger partial charge in [0, 0.05) is 12.6 Å². The lowest BCUT2D eigenvalue weighted by molar-refractivity contribution is -0.286. The van der Waals surface area contributed by atoms with Crippen LogP contribution in [0.15, 0.2) is 0 Å². The zero-order valence-electron chi connectivity index (χ0n) is 6.99. The highest BCUT2D eigenvalue weighted by Gasteiger charge is 2.56. The number of hydrogen-bond donors (Lipinski definition) is 2. The number of alkyl halides is 6. The molecule has 0 aromatic rings. The predicted octanol–water partition coefficient (Wildman–Crippen LogP) is 1.40. The van der Waals surface area contributed by atoms with Crippen LogP contribution >= 0.6 is 0 Å². The molecule has 8 heteroatoms. The third-order valence-electron chi connectivity index (χ3n) is 1.63. The van der Waals surface area contributed by atoms with E-state index in [9.17, 15) is 26.3 Å². The maximum Gasteiger partial charge on any atom is 0.400 e. The molecule has 0 aliphatic rings. The minimum absolute atomic E-state index is 0.414. The monoisotopic (exact) mass is 224 g/mol. The maximum absolute atomic E-state index is 11.9. The van der Waals surface area contributed by atoms with Gasteiger partial charge >= 0.3 is 12.4 Å². The van der Waals surface area contributed by atoms with E-state index in [1.807, 2.05) is 0 Å². The molecule has 4 N–H and O–H groups in total. The molecule has 0 rings (SSSR count). The van der Waals surface area contributed by atoms with Gasteiger partial charge in [0.05, 0.1) is 0 Å². The number of nitrogens with two attached hydrogens (primary N) is 2. The minimum Gasteiger partial charge on any atom is -0.329 e. The molecule has 0 aliphatic carbocycles. The van der Waals surface area contributed by atoms with E-state index in [4.69, 9.17) is 11.5 Å². The first-order valence-corrected chi connectivity index (χ1v) is 3.68. The van der Waals surface area contributed by atoms with Crippen LogP contribution in [-0.2, 0) is 0 Å². The third kappa shape index (κ3) is 4.14. The lowest BCUT2D eigenvalue weighted by Crippen LogP contribution is -2.43. The summed E-state index contributed by atoms with van der Waals surface area (Å²) in [6.45, 7) is -0.414. The van der Waals surface area contributed by atoms with Crippen LogP contribution in [0.5, 0.6) is 0 Å². The van der Waals surface area contributed by atoms with Gasteiger partial charge in [0.2, 0.25) is 0 Å². The molecular formula is C6H10F6N2. The molecular weight excluding hydrogens is 214 g/mol.